The monoisotopic (exact) mass is 270 g/mol. The van der Waals surface area contributed by atoms with E-state index in [0.717, 1.165) is 18.1 Å². The molecule has 1 N–H and O–H groups in total. The van der Waals surface area contributed by atoms with Crippen molar-refractivity contribution in [3.8, 4) is 0 Å². The van der Waals surface area contributed by atoms with E-state index in [1.54, 1.807) is 0 Å². The van der Waals surface area contributed by atoms with Crippen LogP contribution in [0.2, 0.25) is 0 Å². The molecule has 4 unspecified atom stereocenters. The molecule has 4 heteroatoms. The highest BCUT2D eigenvalue weighted by atomic mass is 32.2. The first kappa shape index (κ1) is 14.2. The summed E-state index contributed by atoms with van der Waals surface area (Å²) in [5.74, 6) is 0.320. The van der Waals surface area contributed by atoms with Gasteiger partial charge >= 0.3 is 0 Å². The molecule has 104 valence electrons. The van der Waals surface area contributed by atoms with Crippen LogP contribution in [0.5, 0.6) is 0 Å². The van der Waals surface area contributed by atoms with Crippen LogP contribution in [0.25, 0.3) is 0 Å². The number of thioether (sulfide) groups is 1. The van der Waals surface area contributed by atoms with Crippen LogP contribution in [0.4, 0.5) is 0 Å². The standard InChI is InChI=1S/C14H26N2OS/c1-4-6-13-15-10(2)14(17)16(13)11-7-5-8-12(9-11)18-3/h10-13,15H,4-9H2,1-3H3. The van der Waals surface area contributed by atoms with Crippen molar-refractivity contribution in [2.45, 2.75) is 75.9 Å². The van der Waals surface area contributed by atoms with Gasteiger partial charge in [0.25, 0.3) is 0 Å². The van der Waals surface area contributed by atoms with E-state index in [1.807, 2.05) is 18.7 Å². The highest BCUT2D eigenvalue weighted by Crippen LogP contribution is 2.32. The normalized spacial score (nSPS) is 37.3. The second kappa shape index (κ2) is 6.29. The predicted octanol–water partition coefficient (Wildman–Crippen LogP) is 2.61. The fourth-order valence-corrected chi connectivity index (χ4v) is 4.15. The average Bonchev–Trinajstić information content (AvgIpc) is 2.65. The summed E-state index contributed by atoms with van der Waals surface area (Å²) in [7, 11) is 0. The van der Waals surface area contributed by atoms with Crippen molar-refractivity contribution in [2.75, 3.05) is 6.26 Å². The molecule has 1 saturated carbocycles. The van der Waals surface area contributed by atoms with E-state index in [0.29, 0.717) is 11.9 Å². The SMILES string of the molecule is CCCC1NC(C)C(=O)N1C1CCCC(SC)C1. The smallest absolute Gasteiger partial charge is 0.240 e. The second-order valence-corrected chi connectivity index (χ2v) is 6.75. The lowest BCUT2D eigenvalue weighted by Crippen LogP contribution is -2.47. The highest BCUT2D eigenvalue weighted by molar-refractivity contribution is 7.99. The molecule has 0 bridgehead atoms. The third-order valence-electron chi connectivity index (χ3n) is 4.29. The summed E-state index contributed by atoms with van der Waals surface area (Å²) < 4.78 is 0. The molecule has 0 spiro atoms. The number of amides is 1. The lowest BCUT2D eigenvalue weighted by molar-refractivity contribution is -0.132. The maximum absolute atomic E-state index is 12.3. The molecule has 0 aromatic carbocycles. The molecular formula is C14H26N2OS. The molecule has 1 aliphatic carbocycles. The van der Waals surface area contributed by atoms with Crippen LogP contribution in [-0.4, -0.2) is 40.6 Å². The number of carbonyl (C=O) groups excluding carboxylic acids is 1. The van der Waals surface area contributed by atoms with Crippen LogP contribution in [0.3, 0.4) is 0 Å². The minimum atomic E-state index is 0.0104. The Morgan fingerprint density at radius 3 is 2.89 bits per heavy atom. The maximum Gasteiger partial charge on any atom is 0.240 e. The minimum absolute atomic E-state index is 0.0104. The zero-order valence-corrected chi connectivity index (χ0v) is 12.6. The number of nitrogens with zero attached hydrogens (tertiary/aromatic N) is 1. The van der Waals surface area contributed by atoms with Gasteiger partial charge in [-0.2, -0.15) is 11.8 Å². The van der Waals surface area contributed by atoms with Crippen LogP contribution >= 0.6 is 11.8 Å². The summed E-state index contributed by atoms with van der Waals surface area (Å²) in [5, 5.41) is 4.20. The number of hydrogen-bond acceptors (Lipinski definition) is 3. The first-order valence-electron chi connectivity index (χ1n) is 7.28. The molecule has 3 nitrogen and oxygen atoms in total. The Balaban J connectivity index is 2.06. The van der Waals surface area contributed by atoms with Crippen LogP contribution in [0, 0.1) is 0 Å². The van der Waals surface area contributed by atoms with Crippen LogP contribution in [-0.2, 0) is 4.79 Å². The molecule has 2 rings (SSSR count). The van der Waals surface area contributed by atoms with Gasteiger partial charge in [-0.1, -0.05) is 19.8 Å². The van der Waals surface area contributed by atoms with E-state index in [9.17, 15) is 4.79 Å². The number of carbonyl (C=O) groups is 1. The van der Waals surface area contributed by atoms with Gasteiger partial charge in [-0.3, -0.25) is 10.1 Å². The van der Waals surface area contributed by atoms with Crippen molar-refractivity contribution in [3.63, 3.8) is 0 Å². The molecule has 2 aliphatic rings. The van der Waals surface area contributed by atoms with Gasteiger partial charge in [0.15, 0.2) is 0 Å². The first-order chi connectivity index (χ1) is 8.67. The first-order valence-corrected chi connectivity index (χ1v) is 8.57. The average molecular weight is 270 g/mol. The Morgan fingerprint density at radius 1 is 1.44 bits per heavy atom. The number of nitrogens with one attached hydrogen (secondary N) is 1. The summed E-state index contributed by atoms with van der Waals surface area (Å²) in [5.41, 5.74) is 0. The van der Waals surface area contributed by atoms with Crippen molar-refractivity contribution < 1.29 is 4.79 Å². The largest absolute Gasteiger partial charge is 0.323 e. The Kier molecular flexibility index (Phi) is 4.96. The summed E-state index contributed by atoms with van der Waals surface area (Å²) >= 11 is 1.97. The van der Waals surface area contributed by atoms with Crippen molar-refractivity contribution in [3.05, 3.63) is 0 Å². The number of hydrogen-bond donors (Lipinski definition) is 1. The van der Waals surface area contributed by atoms with E-state index in [4.69, 9.17) is 0 Å². The summed E-state index contributed by atoms with van der Waals surface area (Å²) in [4.78, 5) is 14.5. The fraction of sp³-hybridized carbons (Fsp3) is 0.929. The molecule has 0 aromatic rings. The van der Waals surface area contributed by atoms with Crippen LogP contribution in [0.1, 0.15) is 52.4 Å². The van der Waals surface area contributed by atoms with E-state index in [-0.39, 0.29) is 12.2 Å². The molecule has 18 heavy (non-hydrogen) atoms. The van der Waals surface area contributed by atoms with Gasteiger partial charge in [0.05, 0.1) is 12.2 Å². The van der Waals surface area contributed by atoms with Crippen LogP contribution < -0.4 is 5.32 Å². The lowest BCUT2D eigenvalue weighted by atomic mass is 9.93. The van der Waals surface area contributed by atoms with E-state index in [1.165, 1.54) is 25.7 Å². The van der Waals surface area contributed by atoms with Crippen molar-refractivity contribution in [1.29, 1.82) is 0 Å². The Bertz CT molecular complexity index is 298. The van der Waals surface area contributed by atoms with E-state index < -0.39 is 0 Å². The lowest BCUT2D eigenvalue weighted by Gasteiger charge is -2.37. The third kappa shape index (κ3) is 2.85. The van der Waals surface area contributed by atoms with Gasteiger partial charge in [-0.15, -0.1) is 0 Å². The molecule has 1 amide bonds. The Labute approximate surface area is 115 Å². The molecule has 1 aliphatic heterocycles. The molecular weight excluding hydrogens is 244 g/mol. The topological polar surface area (TPSA) is 32.3 Å². The molecule has 2 fully saturated rings. The van der Waals surface area contributed by atoms with E-state index >= 15 is 0 Å². The quantitative estimate of drug-likeness (QED) is 0.852. The van der Waals surface area contributed by atoms with E-state index in [2.05, 4.69) is 23.4 Å². The molecule has 1 heterocycles. The van der Waals surface area contributed by atoms with Gasteiger partial charge in [0.1, 0.15) is 0 Å². The summed E-state index contributed by atoms with van der Waals surface area (Å²) in [6.07, 6.45) is 9.66. The van der Waals surface area contributed by atoms with Crippen molar-refractivity contribution in [1.82, 2.24) is 10.2 Å². The molecule has 4 atom stereocenters. The van der Waals surface area contributed by atoms with Gasteiger partial charge in [0, 0.05) is 11.3 Å². The predicted molar refractivity (Wildman–Crippen MR) is 77.7 cm³/mol. The van der Waals surface area contributed by atoms with Crippen molar-refractivity contribution in [2.24, 2.45) is 0 Å². The maximum atomic E-state index is 12.3. The Morgan fingerprint density at radius 2 is 2.22 bits per heavy atom. The van der Waals surface area contributed by atoms with Gasteiger partial charge < -0.3 is 4.90 Å². The third-order valence-corrected chi connectivity index (χ3v) is 5.39. The van der Waals surface area contributed by atoms with Gasteiger partial charge in [-0.25, -0.2) is 0 Å². The van der Waals surface area contributed by atoms with Crippen molar-refractivity contribution >= 4 is 17.7 Å². The summed E-state index contributed by atoms with van der Waals surface area (Å²) in [6, 6.07) is 0.480. The van der Waals surface area contributed by atoms with Gasteiger partial charge in [0.2, 0.25) is 5.91 Å². The number of rotatable bonds is 4. The zero-order chi connectivity index (χ0) is 13.1. The molecule has 0 radical (unpaired) electrons. The minimum Gasteiger partial charge on any atom is -0.323 e. The van der Waals surface area contributed by atoms with Gasteiger partial charge in [-0.05, 0) is 38.9 Å². The fourth-order valence-electron chi connectivity index (χ4n) is 3.33. The van der Waals surface area contributed by atoms with Crippen LogP contribution in [0.15, 0.2) is 0 Å². The zero-order valence-electron chi connectivity index (χ0n) is 11.8. The molecule has 0 aromatic heterocycles. The Hall–Kier alpha value is -0.220. The molecule has 1 saturated heterocycles. The highest BCUT2D eigenvalue weighted by Gasteiger charge is 2.41. The summed E-state index contributed by atoms with van der Waals surface area (Å²) in [6.45, 7) is 4.19. The second-order valence-electron chi connectivity index (χ2n) is 5.62.